The Morgan fingerprint density at radius 1 is 0.630 bits per heavy atom. The Kier molecular flexibility index (Phi) is 7.06. The van der Waals surface area contributed by atoms with Gasteiger partial charge in [-0.25, -0.2) is 0 Å². The summed E-state index contributed by atoms with van der Waals surface area (Å²) in [5, 5.41) is 0. The number of rotatable bonds is 7. The zero-order valence-corrected chi connectivity index (χ0v) is 14.9. The molecule has 27 heavy (non-hydrogen) atoms. The van der Waals surface area contributed by atoms with Crippen LogP contribution in [0.4, 0.5) is 57.1 Å². The summed E-state index contributed by atoms with van der Waals surface area (Å²) >= 11 is 0. The van der Waals surface area contributed by atoms with E-state index in [0.29, 0.717) is 0 Å². The monoisotopic (exact) mass is 450 g/mol. The fourth-order valence-electron chi connectivity index (χ4n) is 2.28. The van der Waals surface area contributed by atoms with Crippen LogP contribution in [0.1, 0.15) is 12.8 Å². The lowest BCUT2D eigenvalue weighted by Gasteiger charge is -2.45. The summed E-state index contributed by atoms with van der Waals surface area (Å²) in [4.78, 5) is 0. The molecule has 0 unspecified atom stereocenters. The van der Waals surface area contributed by atoms with Crippen molar-refractivity contribution < 1.29 is 61.5 Å². The summed E-state index contributed by atoms with van der Waals surface area (Å²) < 4.78 is 174. The SMILES string of the molecule is CO[Si](C)(C)CCCC(C(F)(F)F)(C(F)(F)F)C(F)(F)C(F)(F)C(F)(F)F. The summed E-state index contributed by atoms with van der Waals surface area (Å²) in [6.07, 6.45) is -25.7. The highest BCUT2D eigenvalue weighted by Crippen LogP contribution is 2.67. The number of hydrogen-bond donors (Lipinski definition) is 0. The van der Waals surface area contributed by atoms with E-state index in [1.807, 2.05) is 0 Å². The molecule has 15 heteroatoms. The van der Waals surface area contributed by atoms with Crippen LogP contribution in [0.3, 0.4) is 0 Å². The van der Waals surface area contributed by atoms with Gasteiger partial charge in [0.25, 0.3) is 0 Å². The smallest absolute Gasteiger partial charge is 0.420 e. The Morgan fingerprint density at radius 3 is 1.26 bits per heavy atom. The van der Waals surface area contributed by atoms with Gasteiger partial charge in [-0.15, -0.1) is 0 Å². The van der Waals surface area contributed by atoms with Crippen LogP contribution >= 0.6 is 0 Å². The average molecular weight is 450 g/mol. The molecule has 0 aliphatic carbocycles. The van der Waals surface area contributed by atoms with Crippen molar-refractivity contribution in [1.29, 1.82) is 0 Å². The van der Waals surface area contributed by atoms with Gasteiger partial charge in [0.15, 0.2) is 8.32 Å². The second kappa shape index (κ2) is 7.26. The van der Waals surface area contributed by atoms with Crippen molar-refractivity contribution >= 4 is 8.32 Å². The van der Waals surface area contributed by atoms with Gasteiger partial charge in [0.1, 0.15) is 0 Å². The van der Waals surface area contributed by atoms with E-state index in [2.05, 4.69) is 0 Å². The van der Waals surface area contributed by atoms with Crippen LogP contribution in [0.5, 0.6) is 0 Å². The van der Waals surface area contributed by atoms with E-state index in [0.717, 1.165) is 7.11 Å². The lowest BCUT2D eigenvalue weighted by molar-refractivity contribution is -0.461. The van der Waals surface area contributed by atoms with Crippen LogP contribution in [0.25, 0.3) is 0 Å². The molecule has 0 bridgehead atoms. The first-order valence-electron chi connectivity index (χ1n) is 7.03. The molecule has 0 saturated carbocycles. The van der Waals surface area contributed by atoms with Crippen molar-refractivity contribution in [2.24, 2.45) is 5.41 Å². The zero-order chi connectivity index (χ0) is 22.3. The summed E-state index contributed by atoms with van der Waals surface area (Å²) in [5.41, 5.74) is -6.61. The van der Waals surface area contributed by atoms with Crippen LogP contribution < -0.4 is 0 Å². The minimum Gasteiger partial charge on any atom is -0.420 e. The van der Waals surface area contributed by atoms with Crippen molar-refractivity contribution in [2.45, 2.75) is 62.4 Å². The third-order valence-corrected chi connectivity index (χ3v) is 6.80. The van der Waals surface area contributed by atoms with Crippen LogP contribution in [-0.2, 0) is 4.43 Å². The highest BCUT2D eigenvalue weighted by atomic mass is 28.4. The molecule has 0 heterocycles. The van der Waals surface area contributed by atoms with Crippen molar-refractivity contribution in [1.82, 2.24) is 0 Å². The number of alkyl halides is 13. The molecule has 164 valence electrons. The lowest BCUT2D eigenvalue weighted by atomic mass is 9.72. The average Bonchev–Trinajstić information content (AvgIpc) is 2.38. The van der Waals surface area contributed by atoms with Crippen LogP contribution in [0.15, 0.2) is 0 Å². The molecular formula is C12H15F13OSi. The molecule has 0 amide bonds. The quantitative estimate of drug-likeness (QED) is 0.315. The maximum atomic E-state index is 13.8. The molecule has 0 rings (SSSR count). The van der Waals surface area contributed by atoms with Crippen LogP contribution in [0.2, 0.25) is 19.1 Å². The van der Waals surface area contributed by atoms with E-state index in [1.54, 1.807) is 0 Å². The molecule has 0 fully saturated rings. The molecule has 0 N–H and O–H groups in total. The lowest BCUT2D eigenvalue weighted by Crippen LogP contribution is -2.70. The van der Waals surface area contributed by atoms with Gasteiger partial charge >= 0.3 is 30.4 Å². The summed E-state index contributed by atoms with van der Waals surface area (Å²) in [6, 6.07) is -0.620. The van der Waals surface area contributed by atoms with Gasteiger partial charge < -0.3 is 4.43 Å². The molecule has 0 saturated heterocycles. The summed E-state index contributed by atoms with van der Waals surface area (Å²) in [7, 11) is -1.89. The maximum absolute atomic E-state index is 13.8. The highest BCUT2D eigenvalue weighted by molar-refractivity contribution is 6.71. The van der Waals surface area contributed by atoms with Gasteiger partial charge in [-0.2, -0.15) is 57.1 Å². The summed E-state index contributed by atoms with van der Waals surface area (Å²) in [6.45, 7) is 2.55. The van der Waals surface area contributed by atoms with E-state index in [-0.39, 0.29) is 0 Å². The molecule has 0 atom stereocenters. The summed E-state index contributed by atoms with van der Waals surface area (Å²) in [5.74, 6) is -15.1. The fourth-order valence-corrected chi connectivity index (χ4v) is 3.52. The topological polar surface area (TPSA) is 9.23 Å². The molecule has 0 aliphatic rings. The molecule has 0 aromatic heterocycles. The third-order valence-electron chi connectivity index (χ3n) is 4.14. The maximum Gasteiger partial charge on any atom is 0.459 e. The Balaban J connectivity index is 6.53. The molecule has 0 radical (unpaired) electrons. The van der Waals surface area contributed by atoms with Gasteiger partial charge in [-0.1, -0.05) is 6.42 Å². The molecule has 0 spiro atoms. The van der Waals surface area contributed by atoms with E-state index in [4.69, 9.17) is 4.43 Å². The van der Waals surface area contributed by atoms with Crippen molar-refractivity contribution in [3.05, 3.63) is 0 Å². The first-order chi connectivity index (χ1) is 11.5. The molecule has 0 aromatic carbocycles. The molecule has 1 nitrogen and oxygen atoms in total. The van der Waals surface area contributed by atoms with E-state index in [9.17, 15) is 57.1 Å². The van der Waals surface area contributed by atoms with Crippen molar-refractivity contribution in [3.8, 4) is 0 Å². The Hall–Kier alpha value is -0.733. The first-order valence-corrected chi connectivity index (χ1v) is 10.1. The van der Waals surface area contributed by atoms with E-state index < -0.39 is 63.0 Å². The zero-order valence-electron chi connectivity index (χ0n) is 13.9. The largest absolute Gasteiger partial charge is 0.459 e. The van der Waals surface area contributed by atoms with Crippen molar-refractivity contribution in [3.63, 3.8) is 0 Å². The molecule has 0 aromatic rings. The second-order valence-corrected chi connectivity index (χ2v) is 10.8. The molecular weight excluding hydrogens is 435 g/mol. The third kappa shape index (κ3) is 4.48. The van der Waals surface area contributed by atoms with Crippen LogP contribution in [-0.4, -0.2) is 45.8 Å². The Labute approximate surface area is 146 Å². The van der Waals surface area contributed by atoms with Crippen LogP contribution in [0, 0.1) is 5.41 Å². The standard InChI is InChI=1S/C12H15F13OSi/c1-26-27(2,3)6-4-5-7(10(17,18)19,11(20,21)22)8(13,14)9(15,16)12(23,24)25/h4-6H2,1-3H3. The van der Waals surface area contributed by atoms with Gasteiger partial charge in [0.05, 0.1) is 0 Å². The Bertz CT molecular complexity index is 489. The van der Waals surface area contributed by atoms with E-state index >= 15 is 0 Å². The van der Waals surface area contributed by atoms with Gasteiger partial charge in [0.2, 0.25) is 5.41 Å². The predicted octanol–water partition coefficient (Wildman–Crippen LogP) is 6.56. The minimum atomic E-state index is -7.58. The van der Waals surface area contributed by atoms with Gasteiger partial charge in [-0.05, 0) is 25.6 Å². The first kappa shape index (κ1) is 26.3. The fraction of sp³-hybridized carbons (Fsp3) is 1.00. The van der Waals surface area contributed by atoms with Gasteiger partial charge in [-0.3, -0.25) is 0 Å². The number of halogens is 13. The predicted molar refractivity (Wildman–Crippen MR) is 69.0 cm³/mol. The van der Waals surface area contributed by atoms with E-state index in [1.165, 1.54) is 13.1 Å². The second-order valence-electron chi connectivity index (χ2n) is 6.36. The number of hydrogen-bond acceptors (Lipinski definition) is 1. The van der Waals surface area contributed by atoms with Crippen molar-refractivity contribution in [2.75, 3.05) is 7.11 Å². The highest BCUT2D eigenvalue weighted by Gasteiger charge is 2.91. The molecule has 0 aliphatic heterocycles. The normalized spacial score (nSPS) is 16.0. The minimum absolute atomic E-state index is 0.620. The van der Waals surface area contributed by atoms with Gasteiger partial charge in [0, 0.05) is 7.11 Å². The Morgan fingerprint density at radius 2 is 1.00 bits per heavy atom.